The third-order valence-corrected chi connectivity index (χ3v) is 3.22. The smallest absolute Gasteiger partial charge is 0.331 e. The first-order chi connectivity index (χ1) is 10.1. The fraction of sp³-hybridized carbons (Fsp3) is 0.0667. The van der Waals surface area contributed by atoms with Crippen LogP contribution in [0, 0.1) is 5.82 Å². The standard InChI is InChI=1S/C15H12FNO3S/c16-11-3-1-4-12(9-11)17-14(18)10-20-15(19)7-6-13-5-2-8-21-13/h1-9H,10H2,(H,17,18)/b7-6+. The number of hydrogen-bond acceptors (Lipinski definition) is 4. The molecule has 6 heteroatoms. The van der Waals surface area contributed by atoms with Gasteiger partial charge in [0.25, 0.3) is 5.91 Å². The summed E-state index contributed by atoms with van der Waals surface area (Å²) in [5.74, 6) is -1.60. The topological polar surface area (TPSA) is 55.4 Å². The van der Waals surface area contributed by atoms with Crippen molar-refractivity contribution in [2.24, 2.45) is 0 Å². The van der Waals surface area contributed by atoms with Crippen LogP contribution < -0.4 is 5.32 Å². The van der Waals surface area contributed by atoms with Gasteiger partial charge in [0, 0.05) is 16.6 Å². The molecule has 0 aliphatic carbocycles. The minimum Gasteiger partial charge on any atom is -0.452 e. The van der Waals surface area contributed by atoms with E-state index in [1.54, 1.807) is 12.1 Å². The summed E-state index contributed by atoms with van der Waals surface area (Å²) < 4.78 is 17.7. The molecule has 0 bridgehead atoms. The Morgan fingerprint density at radius 3 is 2.86 bits per heavy atom. The molecule has 1 amide bonds. The Kier molecular flexibility index (Phi) is 5.22. The summed E-state index contributed by atoms with van der Waals surface area (Å²) in [6.45, 7) is -0.426. The molecule has 21 heavy (non-hydrogen) atoms. The molecule has 4 nitrogen and oxygen atoms in total. The number of amides is 1. The van der Waals surface area contributed by atoms with Crippen LogP contribution in [-0.4, -0.2) is 18.5 Å². The predicted octanol–water partition coefficient (Wildman–Crippen LogP) is 3.08. The molecule has 1 N–H and O–H groups in total. The zero-order valence-electron chi connectivity index (χ0n) is 10.9. The van der Waals surface area contributed by atoms with Gasteiger partial charge in [0.15, 0.2) is 6.61 Å². The molecule has 2 rings (SSSR count). The van der Waals surface area contributed by atoms with E-state index in [2.05, 4.69) is 5.32 Å². The van der Waals surface area contributed by atoms with Gasteiger partial charge in [-0.2, -0.15) is 0 Å². The average molecular weight is 305 g/mol. The Labute approximate surface area is 124 Å². The summed E-state index contributed by atoms with van der Waals surface area (Å²) in [7, 11) is 0. The Morgan fingerprint density at radius 2 is 2.14 bits per heavy atom. The zero-order chi connectivity index (χ0) is 15.1. The fourth-order valence-corrected chi connectivity index (χ4v) is 2.10. The lowest BCUT2D eigenvalue weighted by molar-refractivity contribution is -0.142. The average Bonchev–Trinajstić information content (AvgIpc) is 2.96. The first-order valence-corrected chi connectivity index (χ1v) is 6.95. The summed E-state index contributed by atoms with van der Waals surface area (Å²) in [5, 5.41) is 4.32. The number of halogens is 1. The van der Waals surface area contributed by atoms with Crippen LogP contribution in [0.3, 0.4) is 0 Å². The molecule has 0 aliphatic rings. The summed E-state index contributed by atoms with van der Waals surface area (Å²) in [6, 6.07) is 9.18. The second-order valence-electron chi connectivity index (χ2n) is 4.01. The van der Waals surface area contributed by atoms with E-state index >= 15 is 0 Å². The van der Waals surface area contributed by atoms with E-state index in [4.69, 9.17) is 4.74 Å². The number of benzene rings is 1. The Balaban J connectivity index is 1.77. The number of thiophene rings is 1. The maximum Gasteiger partial charge on any atom is 0.331 e. The number of carbonyl (C=O) groups excluding carboxylic acids is 2. The molecule has 1 heterocycles. The monoisotopic (exact) mass is 305 g/mol. The van der Waals surface area contributed by atoms with E-state index in [0.717, 1.165) is 4.88 Å². The zero-order valence-corrected chi connectivity index (χ0v) is 11.7. The minimum absolute atomic E-state index is 0.310. The van der Waals surface area contributed by atoms with Crippen molar-refractivity contribution in [3.63, 3.8) is 0 Å². The van der Waals surface area contributed by atoms with Gasteiger partial charge in [-0.3, -0.25) is 4.79 Å². The van der Waals surface area contributed by atoms with Crippen LogP contribution in [0.1, 0.15) is 4.88 Å². The van der Waals surface area contributed by atoms with E-state index in [-0.39, 0.29) is 0 Å². The van der Waals surface area contributed by atoms with Crippen LogP contribution in [0.5, 0.6) is 0 Å². The maximum absolute atomic E-state index is 12.9. The molecule has 1 aromatic heterocycles. The third kappa shape index (κ3) is 5.19. The molecule has 0 saturated heterocycles. The Bertz CT molecular complexity index is 653. The third-order valence-electron chi connectivity index (χ3n) is 2.38. The molecular formula is C15H12FNO3S. The Hall–Kier alpha value is -2.47. The highest BCUT2D eigenvalue weighted by Crippen LogP contribution is 2.10. The molecule has 0 fully saturated rings. The van der Waals surface area contributed by atoms with Crippen LogP contribution in [0.25, 0.3) is 6.08 Å². The van der Waals surface area contributed by atoms with Crippen LogP contribution in [0.15, 0.2) is 47.9 Å². The number of esters is 1. The lowest BCUT2D eigenvalue weighted by Crippen LogP contribution is -2.20. The molecule has 0 aliphatic heterocycles. The largest absolute Gasteiger partial charge is 0.452 e. The highest BCUT2D eigenvalue weighted by atomic mass is 32.1. The van der Waals surface area contributed by atoms with Gasteiger partial charge in [-0.25, -0.2) is 9.18 Å². The van der Waals surface area contributed by atoms with E-state index in [1.165, 1.54) is 35.6 Å². The number of hydrogen-bond donors (Lipinski definition) is 1. The van der Waals surface area contributed by atoms with E-state index < -0.39 is 24.3 Å². The molecule has 0 atom stereocenters. The molecule has 0 saturated carbocycles. The normalized spacial score (nSPS) is 10.5. The quantitative estimate of drug-likeness (QED) is 0.682. The van der Waals surface area contributed by atoms with Gasteiger partial charge in [0.2, 0.25) is 0 Å². The van der Waals surface area contributed by atoms with Crippen molar-refractivity contribution in [3.05, 3.63) is 58.5 Å². The summed E-state index contributed by atoms with van der Waals surface area (Å²) >= 11 is 1.48. The predicted molar refractivity (Wildman–Crippen MR) is 79.3 cm³/mol. The summed E-state index contributed by atoms with van der Waals surface area (Å²) in [6.07, 6.45) is 2.86. The van der Waals surface area contributed by atoms with E-state index in [1.807, 2.05) is 17.5 Å². The molecule has 0 radical (unpaired) electrons. The number of rotatable bonds is 5. The number of carbonyl (C=O) groups is 2. The molecular weight excluding hydrogens is 293 g/mol. The van der Waals surface area contributed by atoms with Gasteiger partial charge in [0.05, 0.1) is 0 Å². The van der Waals surface area contributed by atoms with Crippen LogP contribution >= 0.6 is 11.3 Å². The highest BCUT2D eigenvalue weighted by molar-refractivity contribution is 7.10. The minimum atomic E-state index is -0.613. The first kappa shape index (κ1) is 14.9. The number of ether oxygens (including phenoxy) is 1. The first-order valence-electron chi connectivity index (χ1n) is 6.07. The number of nitrogens with one attached hydrogen (secondary N) is 1. The van der Waals surface area contributed by atoms with Gasteiger partial charge in [-0.05, 0) is 35.7 Å². The van der Waals surface area contributed by atoms with Crippen molar-refractivity contribution in [2.45, 2.75) is 0 Å². The summed E-state index contributed by atoms with van der Waals surface area (Å²) in [5.41, 5.74) is 0.310. The second-order valence-corrected chi connectivity index (χ2v) is 4.99. The van der Waals surface area contributed by atoms with Crippen molar-refractivity contribution in [1.82, 2.24) is 0 Å². The van der Waals surface area contributed by atoms with E-state index in [0.29, 0.717) is 5.69 Å². The van der Waals surface area contributed by atoms with Crippen molar-refractivity contribution < 1.29 is 18.7 Å². The molecule has 108 valence electrons. The maximum atomic E-state index is 12.9. The Morgan fingerprint density at radius 1 is 1.29 bits per heavy atom. The van der Waals surface area contributed by atoms with Crippen molar-refractivity contribution in [1.29, 1.82) is 0 Å². The van der Waals surface area contributed by atoms with Crippen LogP contribution in [0.4, 0.5) is 10.1 Å². The molecule has 0 unspecified atom stereocenters. The SMILES string of the molecule is O=C(COC(=O)/C=C/c1cccs1)Nc1cccc(F)c1. The lowest BCUT2D eigenvalue weighted by Gasteiger charge is -2.05. The second kappa shape index (κ2) is 7.35. The fourth-order valence-electron chi connectivity index (χ4n) is 1.48. The van der Waals surface area contributed by atoms with Crippen molar-refractivity contribution in [2.75, 3.05) is 11.9 Å². The highest BCUT2D eigenvalue weighted by Gasteiger charge is 2.06. The lowest BCUT2D eigenvalue weighted by atomic mass is 10.3. The summed E-state index contributed by atoms with van der Waals surface area (Å²) in [4.78, 5) is 23.8. The van der Waals surface area contributed by atoms with Crippen molar-refractivity contribution in [3.8, 4) is 0 Å². The van der Waals surface area contributed by atoms with Crippen LogP contribution in [0.2, 0.25) is 0 Å². The van der Waals surface area contributed by atoms with Gasteiger partial charge >= 0.3 is 5.97 Å². The van der Waals surface area contributed by atoms with Crippen LogP contribution in [-0.2, 0) is 14.3 Å². The van der Waals surface area contributed by atoms with E-state index in [9.17, 15) is 14.0 Å². The van der Waals surface area contributed by atoms with Crippen molar-refractivity contribution >= 4 is 35.0 Å². The van der Waals surface area contributed by atoms with Gasteiger partial charge < -0.3 is 10.1 Å². The van der Waals surface area contributed by atoms with Gasteiger partial charge in [-0.1, -0.05) is 12.1 Å². The number of anilines is 1. The van der Waals surface area contributed by atoms with Gasteiger partial charge in [-0.15, -0.1) is 11.3 Å². The molecule has 0 spiro atoms. The molecule has 2 aromatic rings. The molecule has 1 aromatic carbocycles. The van der Waals surface area contributed by atoms with Gasteiger partial charge in [0.1, 0.15) is 5.82 Å².